The van der Waals surface area contributed by atoms with Gasteiger partial charge in [0.15, 0.2) is 0 Å². The molecule has 1 aliphatic heterocycles. The number of carbonyl (C=O) groups is 1. The third-order valence-electron chi connectivity index (χ3n) is 5.51. The number of hydrogen-bond acceptors (Lipinski definition) is 5. The molecule has 1 fully saturated rings. The summed E-state index contributed by atoms with van der Waals surface area (Å²) in [7, 11) is -3.57. The zero-order valence-electron chi connectivity index (χ0n) is 16.6. The van der Waals surface area contributed by atoms with Crippen LogP contribution in [0.5, 0.6) is 5.75 Å². The highest BCUT2D eigenvalue weighted by Gasteiger charge is 2.31. The number of thiophene rings is 1. The lowest BCUT2D eigenvalue weighted by atomic mass is 9.99. The molecule has 8 heteroatoms. The topological polar surface area (TPSA) is 66.9 Å². The van der Waals surface area contributed by atoms with Crippen molar-refractivity contribution in [2.24, 2.45) is 0 Å². The molecule has 29 heavy (non-hydrogen) atoms. The van der Waals surface area contributed by atoms with Crippen molar-refractivity contribution in [1.82, 2.24) is 9.21 Å². The molecule has 156 valence electrons. The van der Waals surface area contributed by atoms with Crippen LogP contribution in [0.1, 0.15) is 39.9 Å². The summed E-state index contributed by atoms with van der Waals surface area (Å²) in [6.45, 7) is 3.88. The molecule has 0 saturated carbocycles. The van der Waals surface area contributed by atoms with Crippen LogP contribution in [0.25, 0.3) is 0 Å². The summed E-state index contributed by atoms with van der Waals surface area (Å²) in [5.41, 5.74) is 1.32. The summed E-state index contributed by atoms with van der Waals surface area (Å²) in [5, 5.41) is 0. The maximum atomic E-state index is 12.9. The molecule has 2 aromatic rings. The number of benzene rings is 1. The first-order valence-electron chi connectivity index (χ1n) is 10.1. The summed E-state index contributed by atoms with van der Waals surface area (Å²) in [6, 6.07) is 8.55. The monoisotopic (exact) mass is 434 g/mol. The van der Waals surface area contributed by atoms with E-state index in [4.69, 9.17) is 4.74 Å². The highest BCUT2D eigenvalue weighted by Crippen LogP contribution is 2.30. The van der Waals surface area contributed by atoms with Gasteiger partial charge in [0.05, 0.1) is 16.4 Å². The van der Waals surface area contributed by atoms with Crippen LogP contribution >= 0.6 is 11.3 Å². The van der Waals surface area contributed by atoms with E-state index in [1.807, 2.05) is 13.0 Å². The molecule has 0 radical (unpaired) electrons. The Morgan fingerprint density at radius 1 is 1.07 bits per heavy atom. The minimum absolute atomic E-state index is 0.0301. The Morgan fingerprint density at radius 3 is 2.41 bits per heavy atom. The van der Waals surface area contributed by atoms with Gasteiger partial charge in [-0.3, -0.25) is 4.79 Å². The van der Waals surface area contributed by atoms with Crippen LogP contribution in [-0.2, 0) is 22.9 Å². The first-order chi connectivity index (χ1) is 14.0. The van der Waals surface area contributed by atoms with Crippen molar-refractivity contribution in [3.63, 3.8) is 0 Å². The van der Waals surface area contributed by atoms with Crippen molar-refractivity contribution < 1.29 is 17.9 Å². The Bertz CT molecular complexity index is 951. The molecule has 6 nitrogen and oxygen atoms in total. The lowest BCUT2D eigenvalue weighted by Crippen LogP contribution is -2.50. The van der Waals surface area contributed by atoms with Crippen molar-refractivity contribution in [3.8, 4) is 5.75 Å². The summed E-state index contributed by atoms with van der Waals surface area (Å²) in [6.07, 6.45) is 4.53. The molecule has 1 aromatic heterocycles. The Morgan fingerprint density at radius 2 is 1.76 bits per heavy atom. The predicted octanol–water partition coefficient (Wildman–Crippen LogP) is 3.17. The average molecular weight is 435 g/mol. The van der Waals surface area contributed by atoms with Gasteiger partial charge in [0, 0.05) is 31.1 Å². The Hall–Kier alpha value is -1.90. The van der Waals surface area contributed by atoms with Crippen LogP contribution in [0.15, 0.2) is 35.2 Å². The van der Waals surface area contributed by atoms with Gasteiger partial charge in [-0.05, 0) is 68.5 Å². The maximum Gasteiger partial charge on any atom is 0.264 e. The second-order valence-corrected chi connectivity index (χ2v) is 10.4. The third-order valence-corrected chi connectivity index (χ3v) is 8.64. The fourth-order valence-corrected chi connectivity index (χ4v) is 6.55. The lowest BCUT2D eigenvalue weighted by molar-refractivity contribution is 0.0702. The molecular formula is C21H26N2O4S2. The van der Waals surface area contributed by atoms with E-state index in [0.717, 1.165) is 17.7 Å². The van der Waals surface area contributed by atoms with Crippen LogP contribution in [0, 0.1) is 0 Å². The predicted molar refractivity (Wildman–Crippen MR) is 113 cm³/mol. The van der Waals surface area contributed by atoms with E-state index < -0.39 is 10.0 Å². The van der Waals surface area contributed by atoms with Gasteiger partial charge in [-0.1, -0.05) is 0 Å². The summed E-state index contributed by atoms with van der Waals surface area (Å²) < 4.78 is 32.7. The molecule has 0 atom stereocenters. The van der Waals surface area contributed by atoms with E-state index in [2.05, 4.69) is 0 Å². The van der Waals surface area contributed by atoms with E-state index in [1.165, 1.54) is 27.6 Å². The number of carbonyl (C=O) groups excluding carboxylic acids is 1. The minimum atomic E-state index is -3.57. The number of hydrogen-bond donors (Lipinski definition) is 0. The number of rotatable bonds is 5. The van der Waals surface area contributed by atoms with E-state index in [-0.39, 0.29) is 10.8 Å². The Kier molecular flexibility index (Phi) is 5.94. The molecule has 2 aliphatic rings. The number of fused-ring (bicyclic) bond motifs is 1. The highest BCUT2D eigenvalue weighted by molar-refractivity contribution is 7.89. The van der Waals surface area contributed by atoms with Crippen LogP contribution in [0.4, 0.5) is 0 Å². The van der Waals surface area contributed by atoms with Crippen LogP contribution in [0.2, 0.25) is 0 Å². The minimum Gasteiger partial charge on any atom is -0.494 e. The van der Waals surface area contributed by atoms with Crippen LogP contribution < -0.4 is 4.74 Å². The molecule has 1 saturated heterocycles. The van der Waals surface area contributed by atoms with Crippen molar-refractivity contribution in [2.45, 2.75) is 37.5 Å². The zero-order valence-corrected chi connectivity index (χ0v) is 18.2. The molecule has 2 heterocycles. The molecule has 0 N–H and O–H groups in total. The smallest absolute Gasteiger partial charge is 0.264 e. The quantitative estimate of drug-likeness (QED) is 0.725. The molecule has 1 amide bonds. The summed E-state index contributed by atoms with van der Waals surface area (Å²) >= 11 is 1.61. The van der Waals surface area contributed by atoms with Gasteiger partial charge in [0.2, 0.25) is 10.0 Å². The zero-order chi connectivity index (χ0) is 20.4. The van der Waals surface area contributed by atoms with Gasteiger partial charge in [0.1, 0.15) is 5.75 Å². The SMILES string of the molecule is CCOc1ccc(S(=O)(=O)N2CCN(C(=O)c3cc4c(s3)CCCC4)CC2)cc1. The number of aryl methyl sites for hydroxylation is 2. The van der Waals surface area contributed by atoms with Gasteiger partial charge in [0.25, 0.3) is 5.91 Å². The fourth-order valence-electron chi connectivity index (χ4n) is 3.91. The Labute approximate surface area is 176 Å². The summed E-state index contributed by atoms with van der Waals surface area (Å²) in [5.74, 6) is 0.683. The van der Waals surface area contributed by atoms with Crippen molar-refractivity contribution in [1.29, 1.82) is 0 Å². The first kappa shape index (κ1) is 20.4. The van der Waals surface area contributed by atoms with Crippen molar-refractivity contribution in [3.05, 3.63) is 45.6 Å². The Balaban J connectivity index is 1.40. The van der Waals surface area contributed by atoms with Crippen LogP contribution in [0.3, 0.4) is 0 Å². The van der Waals surface area contributed by atoms with Crippen molar-refractivity contribution in [2.75, 3.05) is 32.8 Å². The van der Waals surface area contributed by atoms with E-state index in [1.54, 1.807) is 40.5 Å². The van der Waals surface area contributed by atoms with Gasteiger partial charge in [-0.15, -0.1) is 11.3 Å². The van der Waals surface area contributed by atoms with Gasteiger partial charge < -0.3 is 9.64 Å². The normalized spacial score (nSPS) is 17.8. The van der Waals surface area contributed by atoms with Crippen LogP contribution in [-0.4, -0.2) is 56.3 Å². The molecule has 0 unspecified atom stereocenters. The standard InChI is InChI=1S/C21H26N2O4S2/c1-2-27-17-7-9-18(10-8-17)29(25,26)23-13-11-22(12-14-23)21(24)20-15-16-5-3-4-6-19(16)28-20/h7-10,15H,2-6,11-14H2,1H3. The second-order valence-electron chi connectivity index (χ2n) is 7.37. The second kappa shape index (κ2) is 8.45. The van der Waals surface area contributed by atoms with Crippen molar-refractivity contribution >= 4 is 27.3 Å². The van der Waals surface area contributed by atoms with Gasteiger partial charge >= 0.3 is 0 Å². The molecular weight excluding hydrogens is 408 g/mol. The first-order valence-corrected chi connectivity index (χ1v) is 12.4. The van der Waals surface area contributed by atoms with Gasteiger partial charge in [-0.25, -0.2) is 8.42 Å². The molecule has 4 rings (SSSR count). The average Bonchev–Trinajstić information content (AvgIpc) is 3.18. The largest absolute Gasteiger partial charge is 0.494 e. The van der Waals surface area contributed by atoms with Gasteiger partial charge in [-0.2, -0.15) is 4.31 Å². The molecule has 0 bridgehead atoms. The lowest BCUT2D eigenvalue weighted by Gasteiger charge is -2.33. The molecule has 1 aliphatic carbocycles. The molecule has 0 spiro atoms. The number of piperazine rings is 1. The van der Waals surface area contributed by atoms with E-state index in [0.29, 0.717) is 38.5 Å². The fraction of sp³-hybridized carbons (Fsp3) is 0.476. The number of ether oxygens (including phenoxy) is 1. The van der Waals surface area contributed by atoms with E-state index in [9.17, 15) is 13.2 Å². The van der Waals surface area contributed by atoms with E-state index >= 15 is 0 Å². The highest BCUT2D eigenvalue weighted by atomic mass is 32.2. The third kappa shape index (κ3) is 4.20. The number of amides is 1. The number of nitrogens with zero attached hydrogens (tertiary/aromatic N) is 2. The number of sulfonamides is 1. The summed E-state index contributed by atoms with van der Waals surface area (Å²) in [4.78, 5) is 17.1. The molecule has 1 aromatic carbocycles. The maximum absolute atomic E-state index is 12.9.